The Morgan fingerprint density at radius 2 is 2.29 bits per heavy atom. The molecule has 2 aliphatic rings. The summed E-state index contributed by atoms with van der Waals surface area (Å²) in [6.07, 6.45) is 6.82. The number of fused-ring (bicyclic) bond motifs is 1. The lowest BCUT2D eigenvalue weighted by atomic mass is 9.71. The lowest BCUT2D eigenvalue weighted by Crippen LogP contribution is -2.49. The molecule has 80 valence electrons. The van der Waals surface area contributed by atoms with Gasteiger partial charge in [0.25, 0.3) is 0 Å². The number of hydrogen-bond donors (Lipinski definition) is 2. The fourth-order valence-corrected chi connectivity index (χ4v) is 2.74. The van der Waals surface area contributed by atoms with Crippen molar-refractivity contribution in [3.05, 3.63) is 12.2 Å². The summed E-state index contributed by atoms with van der Waals surface area (Å²) in [5.74, 6) is 1.47. The minimum absolute atomic E-state index is 0.0323. The Labute approximate surface area is 84.6 Å². The van der Waals surface area contributed by atoms with E-state index in [1.54, 1.807) is 0 Å². The fourth-order valence-electron chi connectivity index (χ4n) is 2.33. The molecular formula is C9H16N2O2S. The van der Waals surface area contributed by atoms with Crippen molar-refractivity contribution in [1.82, 2.24) is 5.32 Å². The Morgan fingerprint density at radius 3 is 2.93 bits per heavy atom. The maximum atomic E-state index is 10.7. The van der Waals surface area contributed by atoms with E-state index in [-0.39, 0.29) is 5.75 Å². The highest BCUT2D eigenvalue weighted by Gasteiger charge is 2.40. The predicted molar refractivity (Wildman–Crippen MR) is 55.1 cm³/mol. The molecule has 1 fully saturated rings. The van der Waals surface area contributed by atoms with Gasteiger partial charge in [0.15, 0.2) is 0 Å². The number of nitrogens with two attached hydrogens (primary N) is 1. The van der Waals surface area contributed by atoms with E-state index in [0.29, 0.717) is 18.5 Å². The van der Waals surface area contributed by atoms with Gasteiger partial charge in [-0.1, -0.05) is 12.2 Å². The van der Waals surface area contributed by atoms with Gasteiger partial charge in [0.05, 0.1) is 5.75 Å². The highest BCUT2D eigenvalue weighted by atomic mass is 32.2. The molecule has 0 bridgehead atoms. The van der Waals surface area contributed by atoms with E-state index >= 15 is 0 Å². The predicted octanol–water partition coefficient (Wildman–Crippen LogP) is -0.171. The minimum atomic E-state index is -3.31. The molecule has 4 nitrogen and oxygen atoms in total. The van der Waals surface area contributed by atoms with E-state index in [1.165, 1.54) is 12.8 Å². The van der Waals surface area contributed by atoms with Crippen molar-refractivity contribution in [2.75, 3.05) is 12.3 Å². The number of hydrogen-bond acceptors (Lipinski definition) is 3. The maximum Gasteiger partial charge on any atom is 0.210 e. The van der Waals surface area contributed by atoms with Crippen molar-refractivity contribution in [3.8, 4) is 0 Å². The first-order chi connectivity index (χ1) is 6.56. The molecule has 2 rings (SSSR count). The van der Waals surface area contributed by atoms with E-state index in [2.05, 4.69) is 17.5 Å². The molecule has 1 saturated carbocycles. The molecule has 0 aromatic carbocycles. The minimum Gasteiger partial charge on any atom is -0.312 e. The summed E-state index contributed by atoms with van der Waals surface area (Å²) in [5, 5.41) is 8.14. The zero-order valence-corrected chi connectivity index (χ0v) is 8.83. The van der Waals surface area contributed by atoms with E-state index in [0.717, 1.165) is 5.92 Å². The van der Waals surface area contributed by atoms with Crippen LogP contribution >= 0.6 is 0 Å². The first-order valence-corrected chi connectivity index (χ1v) is 6.68. The Morgan fingerprint density at radius 1 is 1.50 bits per heavy atom. The van der Waals surface area contributed by atoms with Crippen LogP contribution in [0.3, 0.4) is 0 Å². The van der Waals surface area contributed by atoms with E-state index in [1.807, 2.05) is 0 Å². The lowest BCUT2D eigenvalue weighted by molar-refractivity contribution is 0.166. The summed E-state index contributed by atoms with van der Waals surface area (Å²) in [7, 11) is -3.31. The van der Waals surface area contributed by atoms with E-state index in [9.17, 15) is 8.42 Å². The third kappa shape index (κ3) is 2.16. The van der Waals surface area contributed by atoms with Crippen molar-refractivity contribution in [1.29, 1.82) is 0 Å². The molecule has 0 aromatic heterocycles. The number of allylic oxidation sites excluding steroid dienone is 1. The highest BCUT2D eigenvalue weighted by Crippen LogP contribution is 2.42. The lowest BCUT2D eigenvalue weighted by Gasteiger charge is -2.40. The zero-order valence-electron chi connectivity index (χ0n) is 8.02. The number of sulfonamides is 1. The fraction of sp³-hybridized carbons (Fsp3) is 0.778. The van der Waals surface area contributed by atoms with Gasteiger partial charge in [-0.15, -0.1) is 0 Å². The van der Waals surface area contributed by atoms with Gasteiger partial charge in [0, 0.05) is 12.6 Å². The first kappa shape index (κ1) is 10.1. The average Bonchev–Trinajstić information content (AvgIpc) is 2.39. The standard InChI is InChI=1S/C9H16N2O2S/c10-14(12,13)5-4-11-9-6-7-2-1-3-8(7)9/h1,3,7-9,11H,2,4-6H2,(H2,10,12,13). The second kappa shape index (κ2) is 3.64. The van der Waals surface area contributed by atoms with Crippen LogP contribution < -0.4 is 10.5 Å². The molecule has 0 spiro atoms. The second-order valence-electron chi connectivity index (χ2n) is 4.16. The smallest absolute Gasteiger partial charge is 0.210 e. The third-order valence-electron chi connectivity index (χ3n) is 3.16. The van der Waals surface area contributed by atoms with Crippen LogP contribution in [0.25, 0.3) is 0 Å². The molecule has 0 aliphatic heterocycles. The topological polar surface area (TPSA) is 72.2 Å². The van der Waals surface area contributed by atoms with Crippen molar-refractivity contribution in [2.24, 2.45) is 17.0 Å². The van der Waals surface area contributed by atoms with Crippen LogP contribution in [0.1, 0.15) is 12.8 Å². The van der Waals surface area contributed by atoms with Gasteiger partial charge in [-0.3, -0.25) is 0 Å². The normalized spacial score (nSPS) is 35.4. The van der Waals surface area contributed by atoms with Gasteiger partial charge in [-0.2, -0.15) is 0 Å². The van der Waals surface area contributed by atoms with Crippen LogP contribution in [0.5, 0.6) is 0 Å². The van der Waals surface area contributed by atoms with Crippen molar-refractivity contribution in [3.63, 3.8) is 0 Å². The Balaban J connectivity index is 1.70. The summed E-state index contributed by atoms with van der Waals surface area (Å²) >= 11 is 0. The molecule has 0 aromatic rings. The molecule has 5 heteroatoms. The molecule has 0 radical (unpaired) electrons. The Bertz CT molecular complexity index is 337. The van der Waals surface area contributed by atoms with Crippen LogP contribution in [-0.4, -0.2) is 26.8 Å². The Hall–Kier alpha value is -0.390. The maximum absolute atomic E-state index is 10.7. The van der Waals surface area contributed by atoms with Crippen LogP contribution in [0.15, 0.2) is 12.2 Å². The Kier molecular flexibility index (Phi) is 2.64. The van der Waals surface area contributed by atoms with Gasteiger partial charge in [-0.05, 0) is 24.7 Å². The van der Waals surface area contributed by atoms with Gasteiger partial charge in [0.1, 0.15) is 0 Å². The average molecular weight is 216 g/mol. The van der Waals surface area contributed by atoms with Gasteiger partial charge in [0.2, 0.25) is 10.0 Å². The molecule has 3 N–H and O–H groups in total. The summed E-state index contributed by atoms with van der Waals surface area (Å²) in [6.45, 7) is 0.473. The van der Waals surface area contributed by atoms with Crippen LogP contribution in [0.2, 0.25) is 0 Å². The summed E-state index contributed by atoms with van der Waals surface area (Å²) in [5.41, 5.74) is 0. The molecule has 3 unspecified atom stereocenters. The van der Waals surface area contributed by atoms with Gasteiger partial charge >= 0.3 is 0 Å². The number of primary sulfonamides is 1. The highest BCUT2D eigenvalue weighted by molar-refractivity contribution is 7.89. The molecule has 0 heterocycles. The zero-order chi connectivity index (χ0) is 10.2. The van der Waals surface area contributed by atoms with Crippen LogP contribution in [-0.2, 0) is 10.0 Å². The quantitative estimate of drug-likeness (QED) is 0.641. The number of rotatable bonds is 4. The summed E-state index contributed by atoms with van der Waals surface area (Å²) < 4.78 is 21.3. The second-order valence-corrected chi connectivity index (χ2v) is 5.90. The first-order valence-electron chi connectivity index (χ1n) is 4.97. The summed E-state index contributed by atoms with van der Waals surface area (Å²) in [4.78, 5) is 0. The van der Waals surface area contributed by atoms with Gasteiger partial charge in [-0.25, -0.2) is 13.6 Å². The van der Waals surface area contributed by atoms with Crippen LogP contribution in [0.4, 0.5) is 0 Å². The van der Waals surface area contributed by atoms with Gasteiger partial charge < -0.3 is 5.32 Å². The molecule has 14 heavy (non-hydrogen) atoms. The molecule has 0 amide bonds. The molecular weight excluding hydrogens is 200 g/mol. The van der Waals surface area contributed by atoms with Crippen molar-refractivity contribution < 1.29 is 8.42 Å². The summed E-state index contributed by atoms with van der Waals surface area (Å²) in [6, 6.07) is 0.473. The third-order valence-corrected chi connectivity index (χ3v) is 3.93. The van der Waals surface area contributed by atoms with E-state index < -0.39 is 10.0 Å². The van der Waals surface area contributed by atoms with E-state index in [4.69, 9.17) is 5.14 Å². The van der Waals surface area contributed by atoms with Crippen molar-refractivity contribution in [2.45, 2.75) is 18.9 Å². The molecule has 0 saturated heterocycles. The molecule has 2 aliphatic carbocycles. The monoisotopic (exact) mass is 216 g/mol. The largest absolute Gasteiger partial charge is 0.312 e. The van der Waals surface area contributed by atoms with Crippen LogP contribution in [0, 0.1) is 11.8 Å². The SMILES string of the molecule is NS(=O)(=O)CCNC1CC2CC=CC21. The molecule has 3 atom stereocenters. The number of nitrogens with one attached hydrogen (secondary N) is 1. The van der Waals surface area contributed by atoms with Crippen molar-refractivity contribution >= 4 is 10.0 Å².